The Balaban J connectivity index is 1.56. The first-order valence-corrected chi connectivity index (χ1v) is 12.9. The van der Waals surface area contributed by atoms with Crippen molar-refractivity contribution in [2.24, 2.45) is 5.92 Å². The standard InChI is InChI=1S/C26H26Cl2N2O4S/c1-17(2)12-30(26(32)19-9-20(27)11-21(28)10-19)15-25(31)29(14-22-4-3-7-35-22)13-18-5-6-23-24(8-18)34-16-33-23/h3-11,17H,12-16H2,1-2H3. The Kier molecular flexibility index (Phi) is 8.21. The van der Waals surface area contributed by atoms with Gasteiger partial charge >= 0.3 is 0 Å². The summed E-state index contributed by atoms with van der Waals surface area (Å²) in [7, 11) is 0. The van der Waals surface area contributed by atoms with Gasteiger partial charge in [0.1, 0.15) is 6.54 Å². The number of ether oxygens (including phenoxy) is 2. The fraction of sp³-hybridized carbons (Fsp3) is 0.308. The first-order chi connectivity index (χ1) is 16.8. The Morgan fingerprint density at radius 1 is 0.971 bits per heavy atom. The monoisotopic (exact) mass is 532 g/mol. The van der Waals surface area contributed by atoms with Gasteiger partial charge in [-0.3, -0.25) is 9.59 Å². The molecule has 0 saturated heterocycles. The molecule has 0 saturated carbocycles. The maximum absolute atomic E-state index is 13.6. The minimum atomic E-state index is -0.282. The Labute approximate surface area is 219 Å². The number of thiophene rings is 1. The Hall–Kier alpha value is -2.74. The van der Waals surface area contributed by atoms with E-state index < -0.39 is 0 Å². The summed E-state index contributed by atoms with van der Waals surface area (Å²) in [6.45, 7) is 5.38. The van der Waals surface area contributed by atoms with E-state index in [1.54, 1.807) is 39.3 Å². The molecule has 3 aromatic rings. The lowest BCUT2D eigenvalue weighted by Gasteiger charge is -2.29. The molecule has 4 rings (SSSR count). The van der Waals surface area contributed by atoms with Crippen molar-refractivity contribution in [3.8, 4) is 11.5 Å². The largest absolute Gasteiger partial charge is 0.454 e. The van der Waals surface area contributed by atoms with Crippen LogP contribution in [0.25, 0.3) is 0 Å². The van der Waals surface area contributed by atoms with Crippen molar-refractivity contribution in [2.45, 2.75) is 26.9 Å². The number of carbonyl (C=O) groups excluding carboxylic acids is 2. The molecule has 6 nitrogen and oxygen atoms in total. The number of rotatable bonds is 9. The highest BCUT2D eigenvalue weighted by Crippen LogP contribution is 2.33. The van der Waals surface area contributed by atoms with E-state index in [9.17, 15) is 9.59 Å². The van der Waals surface area contributed by atoms with Gasteiger partial charge in [0.15, 0.2) is 11.5 Å². The molecule has 1 aromatic heterocycles. The zero-order valence-electron chi connectivity index (χ0n) is 19.5. The van der Waals surface area contributed by atoms with Gasteiger partial charge < -0.3 is 19.3 Å². The van der Waals surface area contributed by atoms with Crippen LogP contribution in [0.2, 0.25) is 10.0 Å². The molecule has 1 aliphatic heterocycles. The smallest absolute Gasteiger partial charge is 0.254 e. The number of amides is 2. The van der Waals surface area contributed by atoms with E-state index in [-0.39, 0.29) is 31.1 Å². The van der Waals surface area contributed by atoms with Crippen LogP contribution in [0, 0.1) is 5.92 Å². The molecule has 1 aliphatic rings. The second-order valence-corrected chi connectivity index (χ2v) is 10.7. The van der Waals surface area contributed by atoms with Crippen molar-refractivity contribution in [1.29, 1.82) is 0 Å². The summed E-state index contributed by atoms with van der Waals surface area (Å²) in [6.07, 6.45) is 0. The molecule has 0 N–H and O–H groups in total. The van der Waals surface area contributed by atoms with E-state index in [0.717, 1.165) is 10.4 Å². The summed E-state index contributed by atoms with van der Waals surface area (Å²) in [5.41, 5.74) is 1.28. The van der Waals surface area contributed by atoms with Crippen molar-refractivity contribution >= 4 is 46.4 Å². The van der Waals surface area contributed by atoms with Gasteiger partial charge in [0, 0.05) is 33.6 Å². The molecular formula is C26H26Cl2N2O4S. The van der Waals surface area contributed by atoms with E-state index in [1.165, 1.54) is 0 Å². The predicted molar refractivity (Wildman–Crippen MR) is 138 cm³/mol. The van der Waals surface area contributed by atoms with Crippen LogP contribution < -0.4 is 9.47 Å². The molecule has 0 bridgehead atoms. The fourth-order valence-electron chi connectivity index (χ4n) is 3.87. The normalized spacial score (nSPS) is 12.1. The van der Waals surface area contributed by atoms with Crippen LogP contribution >= 0.6 is 34.5 Å². The lowest BCUT2D eigenvalue weighted by atomic mass is 10.1. The molecule has 35 heavy (non-hydrogen) atoms. The van der Waals surface area contributed by atoms with Crippen LogP contribution in [-0.4, -0.2) is 41.5 Å². The number of carbonyl (C=O) groups is 2. The molecule has 9 heteroatoms. The zero-order chi connectivity index (χ0) is 24.9. The van der Waals surface area contributed by atoms with Crippen LogP contribution in [-0.2, 0) is 17.9 Å². The van der Waals surface area contributed by atoms with Gasteiger partial charge in [-0.25, -0.2) is 0 Å². The van der Waals surface area contributed by atoms with Crippen LogP contribution in [0.5, 0.6) is 11.5 Å². The second kappa shape index (κ2) is 11.3. The van der Waals surface area contributed by atoms with Gasteiger partial charge in [-0.1, -0.05) is 49.2 Å². The lowest BCUT2D eigenvalue weighted by Crippen LogP contribution is -2.43. The third-order valence-electron chi connectivity index (χ3n) is 5.40. The third kappa shape index (κ3) is 6.69. The Morgan fingerprint density at radius 2 is 1.71 bits per heavy atom. The quantitative estimate of drug-likeness (QED) is 0.333. The summed E-state index contributed by atoms with van der Waals surface area (Å²) in [4.78, 5) is 31.3. The summed E-state index contributed by atoms with van der Waals surface area (Å²) in [6, 6.07) is 14.3. The molecule has 2 amide bonds. The summed E-state index contributed by atoms with van der Waals surface area (Å²) >= 11 is 13.8. The van der Waals surface area contributed by atoms with Gasteiger partial charge in [0.2, 0.25) is 12.7 Å². The maximum Gasteiger partial charge on any atom is 0.254 e. The molecule has 0 radical (unpaired) electrons. The number of hydrogen-bond acceptors (Lipinski definition) is 5. The minimum Gasteiger partial charge on any atom is -0.454 e. The number of hydrogen-bond donors (Lipinski definition) is 0. The summed E-state index contributed by atoms with van der Waals surface area (Å²) < 4.78 is 10.9. The van der Waals surface area contributed by atoms with Gasteiger partial charge in [0.25, 0.3) is 5.91 Å². The maximum atomic E-state index is 13.6. The molecule has 2 aromatic carbocycles. The Bertz CT molecular complexity index is 1180. The second-order valence-electron chi connectivity index (χ2n) is 8.75. The predicted octanol–water partition coefficient (Wildman–Crippen LogP) is 6.11. The molecule has 0 aliphatic carbocycles. The van der Waals surface area contributed by atoms with Crippen LogP contribution in [0.15, 0.2) is 53.9 Å². The van der Waals surface area contributed by atoms with E-state index in [4.69, 9.17) is 32.7 Å². The minimum absolute atomic E-state index is 0.0585. The third-order valence-corrected chi connectivity index (χ3v) is 6.70. The SMILES string of the molecule is CC(C)CN(CC(=O)N(Cc1ccc2c(c1)OCO2)Cc1cccs1)C(=O)c1cc(Cl)cc(Cl)c1. The highest BCUT2D eigenvalue weighted by Gasteiger charge is 2.25. The molecule has 0 unspecified atom stereocenters. The average Bonchev–Trinajstić information content (AvgIpc) is 3.48. The molecule has 0 fully saturated rings. The Morgan fingerprint density at radius 3 is 2.40 bits per heavy atom. The van der Waals surface area contributed by atoms with E-state index in [2.05, 4.69) is 0 Å². The van der Waals surface area contributed by atoms with E-state index in [0.29, 0.717) is 46.7 Å². The van der Waals surface area contributed by atoms with Gasteiger partial charge in [-0.15, -0.1) is 11.3 Å². The van der Waals surface area contributed by atoms with Gasteiger partial charge in [0.05, 0.1) is 6.54 Å². The lowest BCUT2D eigenvalue weighted by molar-refractivity contribution is -0.133. The highest BCUT2D eigenvalue weighted by molar-refractivity contribution is 7.09. The number of benzene rings is 2. The first-order valence-electron chi connectivity index (χ1n) is 11.2. The average molecular weight is 533 g/mol. The van der Waals surface area contributed by atoms with Crippen molar-refractivity contribution in [1.82, 2.24) is 9.80 Å². The summed E-state index contributed by atoms with van der Waals surface area (Å²) in [5.74, 6) is 1.09. The fourth-order valence-corrected chi connectivity index (χ4v) is 5.11. The van der Waals surface area contributed by atoms with Crippen molar-refractivity contribution in [2.75, 3.05) is 19.9 Å². The summed E-state index contributed by atoms with van der Waals surface area (Å²) in [5, 5.41) is 2.73. The van der Waals surface area contributed by atoms with Gasteiger partial charge in [-0.05, 0) is 53.3 Å². The molecule has 2 heterocycles. The molecular weight excluding hydrogens is 507 g/mol. The van der Waals surface area contributed by atoms with Crippen LogP contribution in [0.1, 0.15) is 34.6 Å². The number of halogens is 2. The topological polar surface area (TPSA) is 59.1 Å². The molecule has 184 valence electrons. The van der Waals surface area contributed by atoms with Crippen molar-refractivity contribution in [3.63, 3.8) is 0 Å². The van der Waals surface area contributed by atoms with E-state index in [1.807, 2.05) is 49.6 Å². The number of fused-ring (bicyclic) bond motifs is 1. The molecule has 0 atom stereocenters. The van der Waals surface area contributed by atoms with Crippen molar-refractivity contribution in [3.05, 3.63) is 80.0 Å². The molecule has 0 spiro atoms. The number of nitrogens with zero attached hydrogens (tertiary/aromatic N) is 2. The van der Waals surface area contributed by atoms with E-state index >= 15 is 0 Å². The van der Waals surface area contributed by atoms with Crippen molar-refractivity contribution < 1.29 is 19.1 Å². The highest BCUT2D eigenvalue weighted by atomic mass is 35.5. The van der Waals surface area contributed by atoms with Crippen LogP contribution in [0.4, 0.5) is 0 Å². The van der Waals surface area contributed by atoms with Crippen LogP contribution in [0.3, 0.4) is 0 Å². The first kappa shape index (κ1) is 25.4. The van der Waals surface area contributed by atoms with Gasteiger partial charge in [-0.2, -0.15) is 0 Å². The zero-order valence-corrected chi connectivity index (χ0v) is 21.8.